The van der Waals surface area contributed by atoms with Gasteiger partial charge in [0.05, 0.1) is 18.7 Å². The number of methoxy groups -OCH3 is 1. The average molecular weight is 357 g/mol. The molecule has 2 heterocycles. The van der Waals surface area contributed by atoms with Gasteiger partial charge in [-0.3, -0.25) is 0 Å². The topological polar surface area (TPSA) is 53.3 Å². The van der Waals surface area contributed by atoms with E-state index in [9.17, 15) is 4.79 Å². The normalized spacial score (nSPS) is 22.0. The molecule has 110 valence electrons. The monoisotopic (exact) mass is 356 g/mol. The van der Waals surface area contributed by atoms with Gasteiger partial charge in [-0.25, -0.2) is 4.79 Å². The molecular weight excluding hydrogens is 344 g/mol. The molecule has 3 rings (SSSR count). The van der Waals surface area contributed by atoms with Crippen molar-refractivity contribution in [2.24, 2.45) is 0 Å². The van der Waals surface area contributed by atoms with E-state index in [1.807, 2.05) is 23.1 Å². The molecule has 2 aliphatic heterocycles. The van der Waals surface area contributed by atoms with Crippen molar-refractivity contribution in [2.75, 3.05) is 7.11 Å². The van der Waals surface area contributed by atoms with Gasteiger partial charge in [0.1, 0.15) is 0 Å². The zero-order valence-electron chi connectivity index (χ0n) is 12.0. The van der Waals surface area contributed by atoms with E-state index in [4.69, 9.17) is 10.00 Å². The highest BCUT2D eigenvalue weighted by atomic mass is 79.9. The first-order valence-corrected chi connectivity index (χ1v) is 7.62. The van der Waals surface area contributed by atoms with Crippen LogP contribution in [0.4, 0.5) is 0 Å². The van der Waals surface area contributed by atoms with Gasteiger partial charge >= 0.3 is 5.97 Å². The van der Waals surface area contributed by atoms with E-state index >= 15 is 0 Å². The van der Waals surface area contributed by atoms with Crippen LogP contribution in [0.5, 0.6) is 0 Å². The number of hydrogen-bond acceptors (Lipinski definition) is 4. The Bertz CT molecular complexity index is 784. The quantitative estimate of drug-likeness (QED) is 0.602. The first kappa shape index (κ1) is 14.6. The number of rotatable bonds is 2. The number of carbonyl (C=O) groups is 1. The number of halogens is 1. The van der Waals surface area contributed by atoms with Crippen LogP contribution in [0.2, 0.25) is 0 Å². The molecule has 0 saturated carbocycles. The highest BCUT2D eigenvalue weighted by Crippen LogP contribution is 2.48. The van der Waals surface area contributed by atoms with Gasteiger partial charge in [0, 0.05) is 21.9 Å². The van der Waals surface area contributed by atoms with Gasteiger partial charge < -0.3 is 9.64 Å². The fourth-order valence-corrected chi connectivity index (χ4v) is 3.78. The summed E-state index contributed by atoms with van der Waals surface area (Å²) in [5, 5.41) is 9.02. The summed E-state index contributed by atoms with van der Waals surface area (Å²) in [6.07, 6.45) is 6.97. The average Bonchev–Trinajstić information content (AvgIpc) is 2.94. The second-order valence-corrected chi connectivity index (χ2v) is 6.00. The summed E-state index contributed by atoms with van der Waals surface area (Å²) in [6, 6.07) is 7.36. The Morgan fingerprint density at radius 1 is 1.55 bits per heavy atom. The lowest BCUT2D eigenvalue weighted by atomic mass is 9.86. The van der Waals surface area contributed by atoms with Crippen LogP contribution in [0.1, 0.15) is 24.0 Å². The number of benzene rings is 1. The standard InChI is InChI=1S/C17H13BrN2O2/c1-22-16(21)17(8-7-13-4-2-3-9-20(13)17)14-6-5-12(11-19)10-15(14)18/h2,4-6,9-10H,7-8H2,1H3. The molecule has 0 spiro atoms. The molecule has 0 N–H and O–H groups in total. The number of hydrogen-bond donors (Lipinski definition) is 0. The predicted molar refractivity (Wildman–Crippen MR) is 84.4 cm³/mol. The lowest BCUT2D eigenvalue weighted by Crippen LogP contribution is -2.45. The van der Waals surface area contributed by atoms with E-state index in [0.29, 0.717) is 12.0 Å². The van der Waals surface area contributed by atoms with Crippen molar-refractivity contribution >= 4 is 21.9 Å². The highest BCUT2D eigenvalue weighted by Gasteiger charge is 2.52. The Kier molecular flexibility index (Phi) is 3.66. The van der Waals surface area contributed by atoms with E-state index in [2.05, 4.69) is 27.7 Å². The molecule has 1 atom stereocenters. The third kappa shape index (κ3) is 2.00. The van der Waals surface area contributed by atoms with E-state index in [1.165, 1.54) is 7.11 Å². The first-order valence-electron chi connectivity index (χ1n) is 6.83. The number of nitrogens with zero attached hydrogens (tertiary/aromatic N) is 2. The third-order valence-electron chi connectivity index (χ3n) is 4.11. The molecule has 1 aromatic rings. The molecule has 1 fully saturated rings. The fraction of sp³-hybridized carbons (Fsp3) is 0.235. The second-order valence-electron chi connectivity index (χ2n) is 5.15. The molecule has 0 bridgehead atoms. The van der Waals surface area contributed by atoms with Crippen LogP contribution in [-0.4, -0.2) is 18.0 Å². The summed E-state index contributed by atoms with van der Waals surface area (Å²) >= 11 is 3.50. The van der Waals surface area contributed by atoms with Gasteiger partial charge in [0.15, 0.2) is 5.54 Å². The Morgan fingerprint density at radius 3 is 3.05 bits per heavy atom. The van der Waals surface area contributed by atoms with Crippen molar-refractivity contribution in [3.05, 3.63) is 63.6 Å². The minimum absolute atomic E-state index is 0.318. The van der Waals surface area contributed by atoms with E-state index in [0.717, 1.165) is 22.2 Å². The van der Waals surface area contributed by atoms with Gasteiger partial charge in [-0.2, -0.15) is 5.26 Å². The van der Waals surface area contributed by atoms with Crippen molar-refractivity contribution in [2.45, 2.75) is 18.4 Å². The van der Waals surface area contributed by atoms with Gasteiger partial charge in [0.2, 0.25) is 0 Å². The zero-order valence-corrected chi connectivity index (χ0v) is 13.6. The van der Waals surface area contributed by atoms with Crippen LogP contribution in [0.3, 0.4) is 0 Å². The lowest BCUT2D eigenvalue weighted by Gasteiger charge is -2.36. The molecule has 0 aliphatic carbocycles. The molecule has 0 amide bonds. The number of nitriles is 1. The van der Waals surface area contributed by atoms with Crippen LogP contribution in [0.25, 0.3) is 0 Å². The molecule has 1 unspecified atom stereocenters. The summed E-state index contributed by atoms with van der Waals surface area (Å²) in [5.41, 5.74) is 4.49. The fourth-order valence-electron chi connectivity index (χ4n) is 3.08. The van der Waals surface area contributed by atoms with Gasteiger partial charge in [-0.15, -0.1) is 5.73 Å². The number of esters is 1. The maximum atomic E-state index is 12.7. The van der Waals surface area contributed by atoms with E-state index < -0.39 is 5.54 Å². The van der Waals surface area contributed by atoms with Crippen molar-refractivity contribution in [3.8, 4) is 6.07 Å². The third-order valence-corrected chi connectivity index (χ3v) is 4.76. The summed E-state index contributed by atoms with van der Waals surface area (Å²) in [4.78, 5) is 14.6. The summed E-state index contributed by atoms with van der Waals surface area (Å²) in [7, 11) is 1.40. The van der Waals surface area contributed by atoms with Crippen molar-refractivity contribution in [3.63, 3.8) is 0 Å². The second kappa shape index (κ2) is 5.49. The van der Waals surface area contributed by atoms with Crippen molar-refractivity contribution < 1.29 is 9.53 Å². The Labute approximate surface area is 137 Å². The Balaban J connectivity index is 2.21. The zero-order chi connectivity index (χ0) is 15.7. The smallest absolute Gasteiger partial charge is 0.336 e. The minimum Gasteiger partial charge on any atom is -0.467 e. The number of carbonyl (C=O) groups excluding carboxylic acids is 1. The molecule has 0 radical (unpaired) electrons. The van der Waals surface area contributed by atoms with E-state index in [-0.39, 0.29) is 5.97 Å². The maximum absolute atomic E-state index is 12.7. The molecule has 0 aromatic heterocycles. The molecule has 1 aromatic carbocycles. The summed E-state index contributed by atoms with van der Waals surface area (Å²) < 4.78 is 5.82. The number of allylic oxidation sites excluding steroid dienone is 3. The summed E-state index contributed by atoms with van der Waals surface area (Å²) in [6.45, 7) is 0. The largest absolute Gasteiger partial charge is 0.467 e. The predicted octanol–water partition coefficient (Wildman–Crippen LogP) is 3.35. The molecule has 5 heteroatoms. The van der Waals surface area contributed by atoms with Gasteiger partial charge in [-0.1, -0.05) is 22.0 Å². The van der Waals surface area contributed by atoms with Crippen LogP contribution in [-0.2, 0) is 15.1 Å². The minimum atomic E-state index is -0.922. The summed E-state index contributed by atoms with van der Waals surface area (Å²) in [5.74, 6) is -0.318. The number of fused-ring (bicyclic) bond motifs is 1. The molecule has 1 saturated heterocycles. The SMILES string of the molecule is COC(=O)C1(c2ccc(C#N)cc2Br)CCC2=CC=C=CN21. The van der Waals surface area contributed by atoms with E-state index in [1.54, 1.807) is 18.3 Å². The Hall–Kier alpha value is -2.28. The Morgan fingerprint density at radius 2 is 2.36 bits per heavy atom. The first-order chi connectivity index (χ1) is 10.6. The van der Waals surface area contributed by atoms with Crippen LogP contribution in [0.15, 0.2) is 52.5 Å². The maximum Gasteiger partial charge on any atom is 0.336 e. The highest BCUT2D eigenvalue weighted by molar-refractivity contribution is 9.10. The van der Waals surface area contributed by atoms with Gasteiger partial charge in [-0.05, 0) is 37.1 Å². The van der Waals surface area contributed by atoms with Crippen molar-refractivity contribution in [1.82, 2.24) is 4.90 Å². The number of ether oxygens (including phenoxy) is 1. The molecular formula is C17H13BrN2O2. The molecule has 2 aliphatic rings. The van der Waals surface area contributed by atoms with Crippen LogP contribution in [0, 0.1) is 11.3 Å². The molecule has 4 nitrogen and oxygen atoms in total. The van der Waals surface area contributed by atoms with Crippen LogP contribution < -0.4 is 0 Å². The lowest BCUT2D eigenvalue weighted by molar-refractivity contribution is -0.152. The van der Waals surface area contributed by atoms with Crippen molar-refractivity contribution in [1.29, 1.82) is 5.26 Å². The van der Waals surface area contributed by atoms with Gasteiger partial charge in [0.25, 0.3) is 0 Å². The van der Waals surface area contributed by atoms with Crippen LogP contribution >= 0.6 is 15.9 Å². The molecule has 22 heavy (non-hydrogen) atoms.